The highest BCUT2D eigenvalue weighted by Gasteiger charge is 2.19. The Balaban J connectivity index is 4.40. The molecule has 0 amide bonds. The maximum absolute atomic E-state index is 12.9. The lowest BCUT2D eigenvalue weighted by molar-refractivity contribution is -0.167. The molecule has 0 radical (unpaired) electrons. The highest BCUT2D eigenvalue weighted by atomic mass is 16.6. The summed E-state index contributed by atoms with van der Waals surface area (Å²) in [5, 5.41) is 0. The van der Waals surface area contributed by atoms with Crippen LogP contribution in [0, 0.1) is 0 Å². The van der Waals surface area contributed by atoms with E-state index in [0.29, 0.717) is 19.3 Å². The van der Waals surface area contributed by atoms with E-state index in [-0.39, 0.29) is 31.1 Å². The molecule has 6 heteroatoms. The van der Waals surface area contributed by atoms with Crippen LogP contribution in [0.25, 0.3) is 0 Å². The molecule has 0 aliphatic rings. The van der Waals surface area contributed by atoms with Gasteiger partial charge in [-0.1, -0.05) is 291 Å². The van der Waals surface area contributed by atoms with E-state index in [2.05, 4.69) is 130 Å². The first kappa shape index (κ1) is 74.1. The minimum absolute atomic E-state index is 0.0909. The van der Waals surface area contributed by atoms with Gasteiger partial charge in [-0.05, 0) is 109 Å². The van der Waals surface area contributed by atoms with Gasteiger partial charge in [0, 0.05) is 19.3 Å². The Kier molecular flexibility index (Phi) is 62.3. The molecule has 1 unspecified atom stereocenters. The van der Waals surface area contributed by atoms with Crippen LogP contribution in [-0.4, -0.2) is 37.2 Å². The van der Waals surface area contributed by atoms with E-state index in [4.69, 9.17) is 14.2 Å². The zero-order chi connectivity index (χ0) is 56.4. The summed E-state index contributed by atoms with van der Waals surface area (Å²) in [5.74, 6) is -0.930. The molecule has 0 fully saturated rings. The summed E-state index contributed by atoms with van der Waals surface area (Å²) in [6.45, 7) is 6.51. The van der Waals surface area contributed by atoms with E-state index in [1.165, 1.54) is 161 Å². The summed E-state index contributed by atoms with van der Waals surface area (Å²) < 4.78 is 16.9. The van der Waals surface area contributed by atoms with Gasteiger partial charge in [0.2, 0.25) is 0 Å². The van der Waals surface area contributed by atoms with Crippen LogP contribution in [0.5, 0.6) is 0 Å². The van der Waals surface area contributed by atoms with Gasteiger partial charge in [-0.2, -0.15) is 0 Å². The second kappa shape index (κ2) is 65.6. The van der Waals surface area contributed by atoms with Crippen LogP contribution in [0.4, 0.5) is 0 Å². The average molecular weight is 1080 g/mol. The number of carbonyl (C=O) groups excluding carboxylic acids is 3. The van der Waals surface area contributed by atoms with Gasteiger partial charge in [0.25, 0.3) is 0 Å². The summed E-state index contributed by atoms with van der Waals surface area (Å²) in [5.41, 5.74) is 0. The van der Waals surface area contributed by atoms with Gasteiger partial charge in [0.1, 0.15) is 13.2 Å². The van der Waals surface area contributed by atoms with Crippen LogP contribution in [0.1, 0.15) is 310 Å². The molecule has 6 nitrogen and oxygen atoms in total. The van der Waals surface area contributed by atoms with Crippen molar-refractivity contribution in [1.29, 1.82) is 0 Å². The number of carbonyl (C=O) groups is 3. The monoisotopic (exact) mass is 1080 g/mol. The fourth-order valence-electron chi connectivity index (χ4n) is 9.10. The molecule has 0 saturated carbocycles. The second-order valence-electron chi connectivity index (χ2n) is 21.6. The predicted octanol–water partition coefficient (Wildman–Crippen LogP) is 22.6. The molecule has 0 rings (SSSR count). The fourth-order valence-corrected chi connectivity index (χ4v) is 9.10. The van der Waals surface area contributed by atoms with Crippen molar-refractivity contribution in [3.05, 3.63) is 109 Å². The molecular formula is C72H122O6. The number of unbranched alkanes of at least 4 members (excludes halogenated alkanes) is 30. The highest BCUT2D eigenvalue weighted by Crippen LogP contribution is 2.16. The van der Waals surface area contributed by atoms with Crippen LogP contribution in [0.15, 0.2) is 109 Å². The summed E-state index contributed by atoms with van der Waals surface area (Å²) in [4.78, 5) is 38.3. The Bertz CT molecular complexity index is 1570. The predicted molar refractivity (Wildman–Crippen MR) is 339 cm³/mol. The minimum Gasteiger partial charge on any atom is -0.462 e. The van der Waals surface area contributed by atoms with Crippen LogP contribution in [0.3, 0.4) is 0 Å². The van der Waals surface area contributed by atoms with Crippen molar-refractivity contribution in [3.63, 3.8) is 0 Å². The van der Waals surface area contributed by atoms with Crippen LogP contribution >= 0.6 is 0 Å². The number of rotatable bonds is 59. The first-order chi connectivity index (χ1) is 38.5. The van der Waals surface area contributed by atoms with Gasteiger partial charge >= 0.3 is 17.9 Å². The molecule has 0 saturated heterocycles. The quantitative estimate of drug-likeness (QED) is 0.0261. The van der Waals surface area contributed by atoms with E-state index >= 15 is 0 Å². The Labute approximate surface area is 482 Å². The number of hydrogen-bond acceptors (Lipinski definition) is 6. The summed E-state index contributed by atoms with van der Waals surface area (Å²) >= 11 is 0. The standard InChI is InChI=1S/C72H122O6/c1-4-7-10-13-16-19-22-25-27-29-31-33-34-35-36-37-38-40-41-43-45-47-50-53-56-59-62-65-71(74)77-68-69(67-76-70(73)64-61-58-55-52-49-24-21-18-15-12-9-6-3)78-72(75)66-63-60-57-54-51-48-46-44-42-39-32-30-28-26-23-20-17-14-11-8-5-2/h7,10,16,19,25,27,30-33,35-36,38,40,43,45,50,53,69H,4-6,8-9,11-15,17-18,20-24,26,28-29,34,37,39,41-42,44,46-49,51-52,54-68H2,1-3H3/b10-7-,19-16-,27-25-,32-30-,33-31-,36-35-,40-38-,45-43-,53-50-. The van der Waals surface area contributed by atoms with Crippen LogP contribution < -0.4 is 0 Å². The number of allylic oxidation sites excluding steroid dienone is 18. The number of esters is 3. The van der Waals surface area contributed by atoms with Crippen molar-refractivity contribution in [1.82, 2.24) is 0 Å². The first-order valence-corrected chi connectivity index (χ1v) is 32.9. The number of hydrogen-bond donors (Lipinski definition) is 0. The van der Waals surface area contributed by atoms with Crippen LogP contribution in [-0.2, 0) is 28.6 Å². The summed E-state index contributed by atoms with van der Waals surface area (Å²) in [6.07, 6.45) is 89.6. The van der Waals surface area contributed by atoms with E-state index < -0.39 is 6.10 Å². The summed E-state index contributed by atoms with van der Waals surface area (Å²) in [6, 6.07) is 0. The van der Waals surface area contributed by atoms with Crippen molar-refractivity contribution in [2.45, 2.75) is 316 Å². The third kappa shape index (κ3) is 62.9. The van der Waals surface area contributed by atoms with E-state index in [0.717, 1.165) is 109 Å². The molecular weight excluding hydrogens is 961 g/mol. The Hall–Kier alpha value is -3.93. The molecule has 0 aliphatic carbocycles. The average Bonchev–Trinajstić information content (AvgIpc) is 3.44. The molecule has 0 bridgehead atoms. The SMILES string of the molecule is CC/C=C\C/C=C\C/C=C\C/C=C\C/C=C\C/C=C\C/C=C\C/C=C\CCCCC(=O)OCC(COC(=O)CCCCCCCCCCCCCC)OC(=O)CCCCCCCCCCC/C=C\CCCCCCCCCC. The van der Waals surface area contributed by atoms with Gasteiger partial charge in [-0.25, -0.2) is 0 Å². The van der Waals surface area contributed by atoms with Crippen molar-refractivity contribution in [2.75, 3.05) is 13.2 Å². The topological polar surface area (TPSA) is 78.9 Å². The molecule has 0 heterocycles. The minimum atomic E-state index is -0.798. The Morgan fingerprint density at radius 3 is 0.821 bits per heavy atom. The van der Waals surface area contributed by atoms with Crippen molar-refractivity contribution in [3.8, 4) is 0 Å². The highest BCUT2D eigenvalue weighted by molar-refractivity contribution is 5.71. The molecule has 78 heavy (non-hydrogen) atoms. The van der Waals surface area contributed by atoms with Crippen molar-refractivity contribution in [2.24, 2.45) is 0 Å². The van der Waals surface area contributed by atoms with Crippen LogP contribution in [0.2, 0.25) is 0 Å². The summed E-state index contributed by atoms with van der Waals surface area (Å²) in [7, 11) is 0. The maximum atomic E-state index is 12.9. The molecule has 0 aromatic rings. The lowest BCUT2D eigenvalue weighted by Crippen LogP contribution is -2.30. The van der Waals surface area contributed by atoms with Gasteiger partial charge in [0.05, 0.1) is 0 Å². The normalized spacial score (nSPS) is 12.8. The Morgan fingerprint density at radius 2 is 0.500 bits per heavy atom. The smallest absolute Gasteiger partial charge is 0.306 e. The van der Waals surface area contributed by atoms with Crippen molar-refractivity contribution < 1.29 is 28.6 Å². The van der Waals surface area contributed by atoms with Gasteiger partial charge < -0.3 is 14.2 Å². The van der Waals surface area contributed by atoms with E-state index in [1.807, 2.05) is 0 Å². The van der Waals surface area contributed by atoms with E-state index in [9.17, 15) is 14.4 Å². The van der Waals surface area contributed by atoms with Gasteiger partial charge in [-0.3, -0.25) is 14.4 Å². The Morgan fingerprint density at radius 1 is 0.269 bits per heavy atom. The lowest BCUT2D eigenvalue weighted by atomic mass is 10.0. The molecule has 1 atom stereocenters. The molecule has 0 aliphatic heterocycles. The number of ether oxygens (including phenoxy) is 3. The fraction of sp³-hybridized carbons (Fsp3) is 0.708. The second-order valence-corrected chi connectivity index (χ2v) is 21.6. The largest absolute Gasteiger partial charge is 0.462 e. The third-order valence-electron chi connectivity index (χ3n) is 14.0. The third-order valence-corrected chi connectivity index (χ3v) is 14.0. The molecule has 0 spiro atoms. The van der Waals surface area contributed by atoms with Crippen molar-refractivity contribution >= 4 is 17.9 Å². The maximum Gasteiger partial charge on any atom is 0.306 e. The molecule has 0 N–H and O–H groups in total. The van der Waals surface area contributed by atoms with E-state index in [1.54, 1.807) is 0 Å². The first-order valence-electron chi connectivity index (χ1n) is 32.9. The molecule has 446 valence electrons. The molecule has 0 aromatic carbocycles. The zero-order valence-electron chi connectivity index (χ0n) is 51.2. The molecule has 0 aromatic heterocycles. The lowest BCUT2D eigenvalue weighted by Gasteiger charge is -2.18. The van der Waals surface area contributed by atoms with Gasteiger partial charge in [-0.15, -0.1) is 0 Å². The van der Waals surface area contributed by atoms with Gasteiger partial charge in [0.15, 0.2) is 6.10 Å². The zero-order valence-corrected chi connectivity index (χ0v) is 51.2.